The minimum Gasteiger partial charge on any atom is -0.466 e. The third kappa shape index (κ3) is 7.19. The minimum atomic E-state index is -0.434. The fourth-order valence-corrected chi connectivity index (χ4v) is 4.59. The van der Waals surface area contributed by atoms with Gasteiger partial charge in [0.05, 0.1) is 13.0 Å². The number of piperidine rings is 1. The van der Waals surface area contributed by atoms with Crippen molar-refractivity contribution in [2.75, 3.05) is 19.7 Å². The summed E-state index contributed by atoms with van der Waals surface area (Å²) in [6.07, 6.45) is 2.38. The van der Waals surface area contributed by atoms with Crippen molar-refractivity contribution < 1.29 is 23.6 Å². The number of esters is 1. The molecule has 1 aliphatic rings. The number of halogens is 1. The summed E-state index contributed by atoms with van der Waals surface area (Å²) in [6.45, 7) is 2.64. The van der Waals surface area contributed by atoms with Gasteiger partial charge in [-0.05, 0) is 56.0 Å². The fraction of sp³-hybridized carbons (Fsp3) is 0.393. The number of aromatic nitrogens is 2. The second-order valence-electron chi connectivity index (χ2n) is 9.10. The zero-order valence-corrected chi connectivity index (χ0v) is 22.1. The van der Waals surface area contributed by atoms with Crippen LogP contribution in [0.15, 0.2) is 59.1 Å². The largest absolute Gasteiger partial charge is 0.466 e. The van der Waals surface area contributed by atoms with Gasteiger partial charge in [0.15, 0.2) is 0 Å². The molecule has 0 aliphatic carbocycles. The first-order valence-corrected chi connectivity index (χ1v) is 13.2. The molecule has 0 bridgehead atoms. The first-order chi connectivity index (χ1) is 18.4. The summed E-state index contributed by atoms with van der Waals surface area (Å²) in [7, 11) is 0. The maximum atomic E-state index is 13.6. The quantitative estimate of drug-likeness (QED) is 0.341. The van der Waals surface area contributed by atoms with Crippen LogP contribution in [0.5, 0.6) is 0 Å². The summed E-state index contributed by atoms with van der Waals surface area (Å²) in [6, 6.07) is 16.2. The van der Waals surface area contributed by atoms with E-state index >= 15 is 0 Å². The number of benzene rings is 2. The third-order valence-corrected chi connectivity index (χ3v) is 6.65. The van der Waals surface area contributed by atoms with Gasteiger partial charge in [0.2, 0.25) is 23.5 Å². The van der Waals surface area contributed by atoms with Crippen LogP contribution in [0.2, 0.25) is 5.02 Å². The van der Waals surface area contributed by atoms with E-state index in [1.165, 1.54) is 4.90 Å². The van der Waals surface area contributed by atoms with Crippen LogP contribution in [0.4, 0.5) is 0 Å². The van der Waals surface area contributed by atoms with Gasteiger partial charge >= 0.3 is 5.97 Å². The molecule has 0 spiro atoms. The van der Waals surface area contributed by atoms with E-state index in [0.717, 1.165) is 24.0 Å². The first kappa shape index (κ1) is 27.3. The molecule has 1 aliphatic heterocycles. The molecule has 1 fully saturated rings. The van der Waals surface area contributed by atoms with E-state index in [-0.39, 0.29) is 50.4 Å². The van der Waals surface area contributed by atoms with E-state index in [9.17, 15) is 14.4 Å². The molecule has 2 heterocycles. The second-order valence-corrected chi connectivity index (χ2v) is 9.54. The lowest BCUT2D eigenvalue weighted by Gasteiger charge is -2.35. The Labute approximate surface area is 226 Å². The van der Waals surface area contributed by atoms with E-state index in [0.29, 0.717) is 29.7 Å². The van der Waals surface area contributed by atoms with Crippen LogP contribution in [0.1, 0.15) is 56.5 Å². The average Bonchev–Trinajstić information content (AvgIpc) is 3.43. The second kappa shape index (κ2) is 13.2. The summed E-state index contributed by atoms with van der Waals surface area (Å²) in [5.74, 6) is -0.135. The molecule has 0 saturated carbocycles. The molecular weight excluding hydrogens is 508 g/mol. The lowest BCUT2D eigenvalue weighted by Crippen LogP contribution is -2.46. The summed E-state index contributed by atoms with van der Waals surface area (Å²) >= 11 is 5.98. The molecule has 1 aromatic heterocycles. The Kier molecular flexibility index (Phi) is 9.48. The number of likely N-dealkylation sites (tertiary alicyclic amines) is 1. The topological polar surface area (TPSA) is 106 Å². The highest BCUT2D eigenvalue weighted by Gasteiger charge is 2.33. The Hall–Kier alpha value is -3.72. The lowest BCUT2D eigenvalue weighted by atomic mass is 10.0. The van der Waals surface area contributed by atoms with Gasteiger partial charge < -0.3 is 19.1 Å². The molecule has 3 aromatic rings. The molecule has 1 atom stereocenters. The molecule has 9 nitrogen and oxygen atoms in total. The molecule has 1 saturated heterocycles. The smallest absolute Gasteiger partial charge is 0.306 e. The predicted molar refractivity (Wildman–Crippen MR) is 141 cm³/mol. The van der Waals surface area contributed by atoms with Crippen molar-refractivity contribution in [3.63, 3.8) is 0 Å². The number of ether oxygens (including phenoxy) is 1. The normalized spacial score (nSPS) is 15.2. The van der Waals surface area contributed by atoms with Crippen LogP contribution in [0.3, 0.4) is 0 Å². The summed E-state index contributed by atoms with van der Waals surface area (Å²) in [5.41, 5.74) is 1.66. The lowest BCUT2D eigenvalue weighted by molar-refractivity contribution is -0.147. The molecule has 0 radical (unpaired) electrons. The monoisotopic (exact) mass is 538 g/mol. The van der Waals surface area contributed by atoms with Crippen molar-refractivity contribution in [3.05, 3.63) is 71.1 Å². The van der Waals surface area contributed by atoms with Crippen LogP contribution in [0.25, 0.3) is 11.4 Å². The number of rotatable bonds is 10. The SMILES string of the molecule is CCOC(=O)CCC(=O)N(CC(=O)N1CCCCC1c1nc(-c2ccc(Cl)cc2)no1)Cc1ccccc1. The molecule has 4 rings (SSSR count). The summed E-state index contributed by atoms with van der Waals surface area (Å²) in [5, 5.41) is 4.72. The number of carbonyl (C=O) groups excluding carboxylic acids is 3. The van der Waals surface area contributed by atoms with Gasteiger partial charge in [-0.1, -0.05) is 47.1 Å². The van der Waals surface area contributed by atoms with Crippen molar-refractivity contribution in [2.45, 2.75) is 51.6 Å². The molecule has 38 heavy (non-hydrogen) atoms. The van der Waals surface area contributed by atoms with Gasteiger partial charge in [0.25, 0.3) is 0 Å². The zero-order valence-electron chi connectivity index (χ0n) is 21.3. The van der Waals surface area contributed by atoms with Gasteiger partial charge in [0, 0.05) is 30.1 Å². The standard InChI is InChI=1S/C28H31ClN4O5/c1-2-37-26(36)16-15-24(34)32(18-20-8-4-3-5-9-20)19-25(35)33-17-7-6-10-23(33)28-30-27(31-38-28)21-11-13-22(29)14-12-21/h3-5,8-9,11-14,23H,2,6-7,10,15-19H2,1H3. The number of carbonyl (C=O) groups is 3. The van der Waals surface area contributed by atoms with E-state index < -0.39 is 5.97 Å². The Morgan fingerprint density at radius 3 is 2.58 bits per heavy atom. The number of amides is 2. The molecule has 1 unspecified atom stereocenters. The van der Waals surface area contributed by atoms with Gasteiger partial charge in [-0.2, -0.15) is 4.98 Å². The van der Waals surface area contributed by atoms with Gasteiger partial charge in [-0.3, -0.25) is 14.4 Å². The summed E-state index contributed by atoms with van der Waals surface area (Å²) in [4.78, 5) is 46.3. The van der Waals surface area contributed by atoms with Crippen molar-refractivity contribution in [1.82, 2.24) is 19.9 Å². The van der Waals surface area contributed by atoms with Crippen molar-refractivity contribution in [1.29, 1.82) is 0 Å². The fourth-order valence-electron chi connectivity index (χ4n) is 4.46. The molecule has 2 amide bonds. The number of nitrogens with zero attached hydrogens (tertiary/aromatic N) is 4. The Bertz CT molecular complexity index is 1230. The van der Waals surface area contributed by atoms with E-state index in [1.807, 2.05) is 42.5 Å². The van der Waals surface area contributed by atoms with Crippen LogP contribution < -0.4 is 0 Å². The maximum absolute atomic E-state index is 13.6. The van der Waals surface area contributed by atoms with Crippen molar-refractivity contribution >= 4 is 29.4 Å². The van der Waals surface area contributed by atoms with Crippen LogP contribution in [-0.2, 0) is 25.7 Å². The Morgan fingerprint density at radius 1 is 1.08 bits per heavy atom. The highest BCUT2D eigenvalue weighted by atomic mass is 35.5. The third-order valence-electron chi connectivity index (χ3n) is 6.40. The van der Waals surface area contributed by atoms with Crippen LogP contribution in [-0.4, -0.2) is 57.4 Å². The predicted octanol–water partition coefficient (Wildman–Crippen LogP) is 4.82. The minimum absolute atomic E-state index is 0.0313. The zero-order chi connectivity index (χ0) is 26.9. The average molecular weight is 539 g/mol. The van der Waals surface area contributed by atoms with Crippen LogP contribution >= 0.6 is 11.6 Å². The molecule has 10 heteroatoms. The van der Waals surface area contributed by atoms with E-state index in [4.69, 9.17) is 20.9 Å². The van der Waals surface area contributed by atoms with E-state index in [1.54, 1.807) is 24.0 Å². The first-order valence-electron chi connectivity index (χ1n) is 12.8. The molecular formula is C28H31ClN4O5. The van der Waals surface area contributed by atoms with Gasteiger partial charge in [-0.15, -0.1) is 0 Å². The molecule has 200 valence electrons. The van der Waals surface area contributed by atoms with Gasteiger partial charge in [0.1, 0.15) is 12.6 Å². The molecule has 0 N–H and O–H groups in total. The maximum Gasteiger partial charge on any atom is 0.306 e. The van der Waals surface area contributed by atoms with Crippen LogP contribution in [0, 0.1) is 0 Å². The van der Waals surface area contributed by atoms with E-state index in [2.05, 4.69) is 10.1 Å². The highest BCUT2D eigenvalue weighted by Crippen LogP contribution is 2.31. The van der Waals surface area contributed by atoms with Crippen molar-refractivity contribution in [3.8, 4) is 11.4 Å². The highest BCUT2D eigenvalue weighted by molar-refractivity contribution is 6.30. The molecule has 2 aromatic carbocycles. The van der Waals surface area contributed by atoms with Gasteiger partial charge in [-0.25, -0.2) is 0 Å². The Balaban J connectivity index is 1.49. The Morgan fingerprint density at radius 2 is 1.84 bits per heavy atom. The number of hydrogen-bond acceptors (Lipinski definition) is 7. The number of hydrogen-bond donors (Lipinski definition) is 0. The van der Waals surface area contributed by atoms with Crippen molar-refractivity contribution in [2.24, 2.45) is 0 Å². The summed E-state index contributed by atoms with van der Waals surface area (Å²) < 4.78 is 10.5.